The zero-order chi connectivity index (χ0) is 24.5. The van der Waals surface area contributed by atoms with Gasteiger partial charge in [-0.25, -0.2) is 22.7 Å². The Bertz CT molecular complexity index is 1380. The van der Waals surface area contributed by atoms with Gasteiger partial charge in [-0.15, -0.1) is 11.3 Å². The molecule has 4 aliphatic carbocycles. The number of thioether (sulfide) groups is 1. The number of hydrogen-bond acceptors (Lipinski definition) is 9. The molecule has 2 saturated carbocycles. The van der Waals surface area contributed by atoms with Gasteiger partial charge in [-0.05, 0) is 54.7 Å². The Hall–Kier alpha value is -2.21. The van der Waals surface area contributed by atoms with Gasteiger partial charge in [-0.2, -0.15) is 0 Å². The number of nitrogens with zero attached hydrogens (tertiary/aromatic N) is 4. The largest absolute Gasteiger partial charge is 0.491 e. The second-order valence-electron chi connectivity index (χ2n) is 10.2. The van der Waals surface area contributed by atoms with Gasteiger partial charge in [0.2, 0.25) is 10.0 Å². The fourth-order valence-electron chi connectivity index (χ4n) is 5.71. The summed E-state index contributed by atoms with van der Waals surface area (Å²) < 4.78 is 32.6. The van der Waals surface area contributed by atoms with Crippen molar-refractivity contribution in [3.63, 3.8) is 0 Å². The maximum absolute atomic E-state index is 11.8. The molecule has 8 nitrogen and oxygen atoms in total. The molecule has 11 heteroatoms. The van der Waals surface area contributed by atoms with Gasteiger partial charge in [0.1, 0.15) is 24.0 Å². The standard InChI is InChI=1S/C25H27N5O3S3/c1-36(31,32)30-7-4-16(5-8-30)33-17-10-15-13-25(15)20(11-17)23(27-14-28-25)29-21-2-3-22(19-12-18(19)21)35-24-26-6-9-34-24/h2-3,6,9-11,14-16,18-19H,4-5,7-8,12-13H2,1H3,(H,27,28,29). The van der Waals surface area contributed by atoms with Gasteiger partial charge < -0.3 is 10.1 Å². The van der Waals surface area contributed by atoms with Crippen LogP contribution in [-0.2, 0) is 14.8 Å². The van der Waals surface area contributed by atoms with Crippen LogP contribution < -0.4 is 5.32 Å². The zero-order valence-corrected chi connectivity index (χ0v) is 22.3. The Kier molecular flexibility index (Phi) is 5.36. The van der Waals surface area contributed by atoms with Crippen molar-refractivity contribution in [2.24, 2.45) is 27.7 Å². The molecule has 1 spiro atoms. The molecule has 3 heterocycles. The Morgan fingerprint density at radius 3 is 2.89 bits per heavy atom. The molecule has 4 unspecified atom stereocenters. The maximum Gasteiger partial charge on any atom is 0.211 e. The topological polar surface area (TPSA) is 96.2 Å². The normalized spacial score (nSPS) is 33.1. The van der Waals surface area contributed by atoms with Crippen LogP contribution in [0.1, 0.15) is 25.7 Å². The fraction of sp³-hybridized carbons (Fsp3) is 0.480. The van der Waals surface area contributed by atoms with Crippen LogP contribution in [0.3, 0.4) is 0 Å². The summed E-state index contributed by atoms with van der Waals surface area (Å²) in [5.41, 5.74) is 2.11. The van der Waals surface area contributed by atoms with Gasteiger partial charge >= 0.3 is 0 Å². The summed E-state index contributed by atoms with van der Waals surface area (Å²) in [6.45, 7) is 1.01. The average molecular weight is 542 g/mol. The molecular formula is C25H27N5O3S3. The first-order chi connectivity index (χ1) is 17.4. The number of hydrogen-bond donors (Lipinski definition) is 1. The van der Waals surface area contributed by atoms with Crippen LogP contribution in [0.4, 0.5) is 0 Å². The van der Waals surface area contributed by atoms with E-state index in [-0.39, 0.29) is 11.6 Å². The highest BCUT2D eigenvalue weighted by Gasteiger charge is 2.60. The summed E-state index contributed by atoms with van der Waals surface area (Å²) in [6.07, 6.45) is 17.1. The first-order valence-electron chi connectivity index (χ1n) is 12.3. The highest BCUT2D eigenvalue weighted by atomic mass is 32.2. The third kappa shape index (κ3) is 4.09. The molecule has 4 atom stereocenters. The van der Waals surface area contributed by atoms with Crippen molar-refractivity contribution in [3.05, 3.63) is 57.8 Å². The molecule has 0 radical (unpaired) electrons. The average Bonchev–Trinajstić information content (AvgIpc) is 3.73. The Labute approximate surface area is 219 Å². The van der Waals surface area contributed by atoms with Crippen LogP contribution in [0, 0.1) is 17.8 Å². The maximum atomic E-state index is 11.8. The van der Waals surface area contributed by atoms with Crippen molar-refractivity contribution >= 4 is 45.3 Å². The molecule has 7 rings (SSSR count). The van der Waals surface area contributed by atoms with Crippen molar-refractivity contribution in [1.29, 1.82) is 0 Å². The Morgan fingerprint density at radius 1 is 1.25 bits per heavy atom. The van der Waals surface area contributed by atoms with Gasteiger partial charge in [0.25, 0.3) is 0 Å². The molecule has 1 aromatic heterocycles. The number of amidine groups is 1. The van der Waals surface area contributed by atoms with E-state index in [9.17, 15) is 8.42 Å². The predicted octanol–water partition coefficient (Wildman–Crippen LogP) is 3.71. The lowest BCUT2D eigenvalue weighted by Gasteiger charge is -2.32. The van der Waals surface area contributed by atoms with Gasteiger partial charge in [0.15, 0.2) is 4.34 Å². The lowest BCUT2D eigenvalue weighted by atomic mass is 9.95. The molecule has 2 aliphatic heterocycles. The van der Waals surface area contributed by atoms with Crippen LogP contribution in [-0.4, -0.2) is 60.9 Å². The lowest BCUT2D eigenvalue weighted by Crippen LogP contribution is -2.40. The summed E-state index contributed by atoms with van der Waals surface area (Å²) in [5, 5.41) is 5.67. The number of aliphatic imine (C=N–C) groups is 2. The number of allylic oxidation sites excluding steroid dienone is 5. The van der Waals surface area contributed by atoms with Crippen LogP contribution in [0.15, 0.2) is 72.1 Å². The Balaban J connectivity index is 1.06. The lowest BCUT2D eigenvalue weighted by molar-refractivity contribution is 0.0767. The van der Waals surface area contributed by atoms with Gasteiger partial charge in [0, 0.05) is 47.8 Å². The molecule has 0 bridgehead atoms. The number of thiazole rings is 1. The first-order valence-corrected chi connectivity index (χ1v) is 15.9. The second-order valence-corrected chi connectivity index (χ2v) is 14.4. The molecule has 3 fully saturated rings. The number of aromatic nitrogens is 1. The van der Waals surface area contributed by atoms with E-state index in [2.05, 4.69) is 39.6 Å². The van der Waals surface area contributed by atoms with Crippen LogP contribution in [0.25, 0.3) is 0 Å². The van der Waals surface area contributed by atoms with Crippen LogP contribution >= 0.6 is 23.1 Å². The molecule has 1 saturated heterocycles. The minimum absolute atomic E-state index is 0.0185. The SMILES string of the molecule is CS(=O)(=O)N1CCC(OC2=CC3CC34N=CN=C(NC3=CC=C(Sc5nccs5)C5CC35)C4=C2)CC1. The zero-order valence-electron chi connectivity index (χ0n) is 19.8. The number of ether oxygens (including phenoxy) is 1. The highest BCUT2D eigenvalue weighted by molar-refractivity contribution is 8.04. The molecule has 0 amide bonds. The van der Waals surface area contributed by atoms with E-state index in [4.69, 9.17) is 9.73 Å². The van der Waals surface area contributed by atoms with E-state index in [0.29, 0.717) is 43.7 Å². The predicted molar refractivity (Wildman–Crippen MR) is 142 cm³/mol. The molecule has 1 N–H and O–H groups in total. The molecule has 0 aromatic carbocycles. The van der Waals surface area contributed by atoms with Crippen molar-refractivity contribution < 1.29 is 13.2 Å². The number of rotatable bonds is 6. The smallest absolute Gasteiger partial charge is 0.211 e. The molecule has 6 aliphatic rings. The van der Waals surface area contributed by atoms with Crippen molar-refractivity contribution in [3.8, 4) is 0 Å². The Morgan fingerprint density at radius 2 is 2.11 bits per heavy atom. The van der Waals surface area contributed by atoms with Crippen molar-refractivity contribution in [1.82, 2.24) is 14.6 Å². The minimum atomic E-state index is -3.14. The third-order valence-corrected chi connectivity index (χ3v) is 11.2. The van der Waals surface area contributed by atoms with E-state index in [0.717, 1.165) is 34.3 Å². The quantitative estimate of drug-likeness (QED) is 0.590. The molecule has 1 aromatic rings. The summed E-state index contributed by atoms with van der Waals surface area (Å²) in [4.78, 5) is 15.2. The van der Waals surface area contributed by atoms with Gasteiger partial charge in [-0.3, -0.25) is 4.99 Å². The number of nitrogens with one attached hydrogen (secondary N) is 1. The number of sulfonamides is 1. The number of piperidine rings is 1. The minimum Gasteiger partial charge on any atom is -0.491 e. The summed E-state index contributed by atoms with van der Waals surface area (Å²) in [7, 11) is -3.14. The van der Waals surface area contributed by atoms with E-state index in [1.807, 2.05) is 11.6 Å². The molecular weight excluding hydrogens is 515 g/mol. The molecule has 188 valence electrons. The van der Waals surface area contributed by atoms with E-state index in [1.54, 1.807) is 29.4 Å². The van der Waals surface area contributed by atoms with Gasteiger partial charge in [-0.1, -0.05) is 17.8 Å². The fourth-order valence-corrected chi connectivity index (χ4v) is 8.45. The number of fused-ring (bicyclic) bond motifs is 1. The van der Waals surface area contributed by atoms with E-state index < -0.39 is 10.0 Å². The second kappa shape index (κ2) is 8.41. The van der Waals surface area contributed by atoms with E-state index >= 15 is 0 Å². The monoisotopic (exact) mass is 541 g/mol. The first kappa shape index (κ1) is 22.9. The third-order valence-electron chi connectivity index (χ3n) is 7.87. The highest BCUT2D eigenvalue weighted by Crippen LogP contribution is 2.58. The molecule has 36 heavy (non-hydrogen) atoms. The van der Waals surface area contributed by atoms with Crippen molar-refractivity contribution in [2.75, 3.05) is 19.3 Å². The van der Waals surface area contributed by atoms with Crippen molar-refractivity contribution in [2.45, 2.75) is 41.7 Å². The summed E-state index contributed by atoms with van der Waals surface area (Å²) in [6, 6.07) is 0. The van der Waals surface area contributed by atoms with Crippen LogP contribution in [0.2, 0.25) is 0 Å². The van der Waals surface area contributed by atoms with Gasteiger partial charge in [0.05, 0.1) is 11.8 Å². The summed E-state index contributed by atoms with van der Waals surface area (Å²) in [5.74, 6) is 3.11. The summed E-state index contributed by atoms with van der Waals surface area (Å²) >= 11 is 3.47. The van der Waals surface area contributed by atoms with Crippen LogP contribution in [0.5, 0.6) is 0 Å². The van der Waals surface area contributed by atoms with E-state index in [1.165, 1.54) is 21.2 Å².